The molecule has 0 saturated carbocycles. The second-order valence-electron chi connectivity index (χ2n) is 8.48. The van der Waals surface area contributed by atoms with Crippen LogP contribution in [0.4, 0.5) is 19.3 Å². The van der Waals surface area contributed by atoms with Gasteiger partial charge in [0.25, 0.3) is 5.91 Å². The average molecular weight is 527 g/mol. The zero-order chi connectivity index (χ0) is 26.2. The summed E-state index contributed by atoms with van der Waals surface area (Å²) in [4.78, 5) is 26.1. The summed E-state index contributed by atoms with van der Waals surface area (Å²) in [6, 6.07) is 8.36. The Morgan fingerprint density at radius 3 is 2.47 bits per heavy atom. The van der Waals surface area contributed by atoms with Crippen LogP contribution >= 0.6 is 11.6 Å². The molecular weight excluding hydrogens is 498 g/mol. The molecular formula is C24H29ClF2N4O5. The van der Waals surface area contributed by atoms with Crippen molar-refractivity contribution in [2.75, 3.05) is 39.0 Å². The van der Waals surface area contributed by atoms with Crippen LogP contribution in [-0.2, 0) is 0 Å². The van der Waals surface area contributed by atoms with E-state index >= 15 is 0 Å². The van der Waals surface area contributed by atoms with E-state index in [1.807, 2.05) is 0 Å². The van der Waals surface area contributed by atoms with Crippen LogP contribution < -0.4 is 25.8 Å². The Bertz CT molecular complexity index is 1050. The molecule has 196 valence electrons. The largest absolute Gasteiger partial charge is 0.496 e. The quantitative estimate of drug-likeness (QED) is 0.345. The van der Waals surface area contributed by atoms with E-state index in [1.165, 1.54) is 31.4 Å². The molecule has 1 unspecified atom stereocenters. The van der Waals surface area contributed by atoms with Crippen LogP contribution in [0.15, 0.2) is 36.4 Å². The first-order valence-corrected chi connectivity index (χ1v) is 11.7. The number of alkyl halides is 2. The summed E-state index contributed by atoms with van der Waals surface area (Å²) in [5.74, 6) is 0.290. The number of hydrogen-bond donors (Lipinski definition) is 4. The highest BCUT2D eigenvalue weighted by Crippen LogP contribution is 2.29. The zero-order valence-corrected chi connectivity index (χ0v) is 20.4. The van der Waals surface area contributed by atoms with E-state index in [2.05, 4.69) is 20.3 Å². The molecule has 0 aromatic heterocycles. The number of nitrogen functional groups attached to an aromatic ring is 1. The number of amides is 2. The molecule has 2 aromatic carbocycles. The maximum absolute atomic E-state index is 12.7. The second-order valence-corrected chi connectivity index (χ2v) is 8.88. The molecule has 0 bridgehead atoms. The molecule has 0 spiro atoms. The van der Waals surface area contributed by atoms with Gasteiger partial charge in [-0.15, -0.1) is 0 Å². The molecule has 2 amide bonds. The zero-order valence-electron chi connectivity index (χ0n) is 19.7. The Kier molecular flexibility index (Phi) is 9.54. The SMILES string of the molecule is COc1cc(N)c(Cl)cc1C(=O)NCC1CCN(CC(NC(=O)O)c2ccc(OC(F)F)cc2)CC1. The monoisotopic (exact) mass is 526 g/mol. The van der Waals surface area contributed by atoms with Crippen molar-refractivity contribution in [3.63, 3.8) is 0 Å². The average Bonchev–Trinajstić information content (AvgIpc) is 2.84. The minimum absolute atomic E-state index is 0.00421. The number of anilines is 1. The number of likely N-dealkylation sites (tertiary alicyclic amines) is 1. The minimum Gasteiger partial charge on any atom is -0.496 e. The summed E-state index contributed by atoms with van der Waals surface area (Å²) in [7, 11) is 1.45. The maximum atomic E-state index is 12.7. The minimum atomic E-state index is -2.93. The molecule has 3 rings (SSSR count). The van der Waals surface area contributed by atoms with E-state index in [9.17, 15) is 23.5 Å². The number of nitrogens with one attached hydrogen (secondary N) is 2. The lowest BCUT2D eigenvalue weighted by Gasteiger charge is -2.34. The third kappa shape index (κ3) is 7.59. The maximum Gasteiger partial charge on any atom is 0.405 e. The molecule has 2 aromatic rings. The van der Waals surface area contributed by atoms with E-state index in [-0.39, 0.29) is 22.6 Å². The molecule has 0 radical (unpaired) electrons. The number of carbonyl (C=O) groups excluding carboxylic acids is 1. The van der Waals surface area contributed by atoms with Crippen molar-refractivity contribution < 1.29 is 33.0 Å². The molecule has 5 N–H and O–H groups in total. The number of nitrogens with zero attached hydrogens (tertiary/aromatic N) is 1. The van der Waals surface area contributed by atoms with Gasteiger partial charge in [0.15, 0.2) is 0 Å². The summed E-state index contributed by atoms with van der Waals surface area (Å²) in [6.07, 6.45) is 0.436. The lowest BCUT2D eigenvalue weighted by atomic mass is 9.95. The van der Waals surface area contributed by atoms with Gasteiger partial charge < -0.3 is 35.8 Å². The molecule has 36 heavy (non-hydrogen) atoms. The van der Waals surface area contributed by atoms with Gasteiger partial charge in [0.2, 0.25) is 0 Å². The van der Waals surface area contributed by atoms with Gasteiger partial charge in [-0.3, -0.25) is 4.79 Å². The smallest absolute Gasteiger partial charge is 0.405 e. The van der Waals surface area contributed by atoms with E-state index in [4.69, 9.17) is 22.1 Å². The van der Waals surface area contributed by atoms with Crippen LogP contribution in [-0.4, -0.2) is 61.9 Å². The molecule has 1 heterocycles. The second kappa shape index (κ2) is 12.6. The van der Waals surface area contributed by atoms with E-state index in [0.29, 0.717) is 48.7 Å². The molecule has 1 atom stereocenters. The number of methoxy groups -OCH3 is 1. The van der Waals surface area contributed by atoms with Gasteiger partial charge in [-0.25, -0.2) is 4.79 Å². The van der Waals surface area contributed by atoms with Gasteiger partial charge in [0.1, 0.15) is 11.5 Å². The Morgan fingerprint density at radius 1 is 1.22 bits per heavy atom. The van der Waals surface area contributed by atoms with Crippen LogP contribution in [0.1, 0.15) is 34.8 Å². The molecule has 1 aliphatic heterocycles. The van der Waals surface area contributed by atoms with Crippen LogP contribution in [0.5, 0.6) is 11.5 Å². The molecule has 1 saturated heterocycles. The summed E-state index contributed by atoms with van der Waals surface area (Å²) in [5.41, 5.74) is 7.05. The van der Waals surface area contributed by atoms with E-state index < -0.39 is 18.7 Å². The Labute approximate surface area is 212 Å². The number of carbonyl (C=O) groups is 2. The third-order valence-electron chi connectivity index (χ3n) is 6.07. The Hall–Kier alpha value is -3.31. The van der Waals surface area contributed by atoms with E-state index in [0.717, 1.165) is 12.8 Å². The van der Waals surface area contributed by atoms with Crippen molar-refractivity contribution in [1.29, 1.82) is 0 Å². The van der Waals surface area contributed by atoms with Crippen molar-refractivity contribution in [2.45, 2.75) is 25.5 Å². The van der Waals surface area contributed by atoms with Crippen LogP contribution in [0.2, 0.25) is 5.02 Å². The summed E-state index contributed by atoms with van der Waals surface area (Å²) in [6.45, 7) is -0.618. The highest BCUT2D eigenvalue weighted by atomic mass is 35.5. The lowest BCUT2D eigenvalue weighted by molar-refractivity contribution is -0.0498. The van der Waals surface area contributed by atoms with Gasteiger partial charge in [0, 0.05) is 19.2 Å². The number of halogens is 3. The summed E-state index contributed by atoms with van der Waals surface area (Å²) >= 11 is 6.05. The van der Waals surface area contributed by atoms with Crippen molar-refractivity contribution in [3.05, 3.63) is 52.5 Å². The van der Waals surface area contributed by atoms with Crippen molar-refractivity contribution in [1.82, 2.24) is 15.5 Å². The van der Waals surface area contributed by atoms with Gasteiger partial charge in [-0.1, -0.05) is 23.7 Å². The van der Waals surface area contributed by atoms with Gasteiger partial charge in [-0.2, -0.15) is 8.78 Å². The fraction of sp³-hybridized carbons (Fsp3) is 0.417. The Morgan fingerprint density at radius 2 is 1.89 bits per heavy atom. The highest BCUT2D eigenvalue weighted by Gasteiger charge is 2.25. The van der Waals surface area contributed by atoms with Crippen molar-refractivity contribution >= 4 is 29.3 Å². The first-order chi connectivity index (χ1) is 17.2. The number of benzene rings is 2. The van der Waals surface area contributed by atoms with Gasteiger partial charge in [0.05, 0.1) is 29.4 Å². The van der Waals surface area contributed by atoms with Crippen molar-refractivity contribution in [2.24, 2.45) is 5.92 Å². The van der Waals surface area contributed by atoms with E-state index in [1.54, 1.807) is 12.1 Å². The van der Waals surface area contributed by atoms with Gasteiger partial charge in [-0.05, 0) is 55.6 Å². The standard InChI is InChI=1S/C24H29ClF2N4O5/c1-35-21-11-19(28)18(25)10-17(21)22(32)29-12-14-6-8-31(9-7-14)13-20(30-24(33)34)15-2-4-16(5-3-15)36-23(26)27/h2-5,10-11,14,20,23,30H,6-9,12-13,28H2,1H3,(H,29,32)(H,33,34). The predicted molar refractivity (Wildman–Crippen MR) is 131 cm³/mol. The van der Waals surface area contributed by atoms with Gasteiger partial charge >= 0.3 is 12.7 Å². The van der Waals surface area contributed by atoms with Crippen molar-refractivity contribution in [3.8, 4) is 11.5 Å². The summed E-state index contributed by atoms with van der Waals surface area (Å²) in [5, 5.41) is 14.9. The normalized spacial score (nSPS) is 15.4. The number of piperidine rings is 1. The number of ether oxygens (including phenoxy) is 2. The first-order valence-electron chi connectivity index (χ1n) is 11.3. The molecule has 0 aliphatic carbocycles. The number of carboxylic acid groups (broad SMARTS) is 1. The van der Waals surface area contributed by atoms with Crippen LogP contribution in [0.3, 0.4) is 0 Å². The third-order valence-corrected chi connectivity index (χ3v) is 6.40. The number of nitrogens with two attached hydrogens (primary N) is 1. The molecule has 1 aliphatic rings. The molecule has 1 fully saturated rings. The lowest BCUT2D eigenvalue weighted by Crippen LogP contribution is -2.43. The highest BCUT2D eigenvalue weighted by molar-refractivity contribution is 6.33. The topological polar surface area (TPSA) is 126 Å². The molecule has 9 nitrogen and oxygen atoms in total. The number of hydrogen-bond acceptors (Lipinski definition) is 6. The fourth-order valence-electron chi connectivity index (χ4n) is 4.14. The number of rotatable bonds is 10. The predicted octanol–water partition coefficient (Wildman–Crippen LogP) is 3.98. The van der Waals surface area contributed by atoms with Crippen LogP contribution in [0, 0.1) is 5.92 Å². The van der Waals surface area contributed by atoms with Crippen LogP contribution in [0.25, 0.3) is 0 Å². The fourth-order valence-corrected chi connectivity index (χ4v) is 4.31. The molecule has 12 heteroatoms. The summed E-state index contributed by atoms with van der Waals surface area (Å²) < 4.78 is 34.4. The Balaban J connectivity index is 1.52. The first kappa shape index (κ1) is 27.3.